The monoisotopic (exact) mass is 672 g/mol. The molecule has 0 bridgehead atoms. The van der Waals surface area contributed by atoms with Crippen LogP contribution in [-0.4, -0.2) is 17.9 Å². The molecule has 0 heterocycles. The summed E-state index contributed by atoms with van der Waals surface area (Å²) in [6, 6.07) is 0. The third-order valence-corrected chi connectivity index (χ3v) is 7.82. The molecule has 3 atom stereocenters. The first-order valence-electron chi connectivity index (χ1n) is 14.3. The quantitative estimate of drug-likeness (QED) is 0.185. The summed E-state index contributed by atoms with van der Waals surface area (Å²) in [5.41, 5.74) is -1.81. The second-order valence-corrected chi connectivity index (χ2v) is 11.0. The standard InChI is InChI=1S/3C10H20O2.Tb/c3*1-4-6-7-8-10(3,5-2)9(11)12;/h3*4-8H2,1-3H3,(H,11,12);/q;;;+3/p-3. The van der Waals surface area contributed by atoms with Crippen molar-refractivity contribution in [3.8, 4) is 0 Å². The molecule has 0 aromatic rings. The van der Waals surface area contributed by atoms with E-state index in [2.05, 4.69) is 20.8 Å². The van der Waals surface area contributed by atoms with Crippen LogP contribution in [0.1, 0.15) is 159 Å². The van der Waals surface area contributed by atoms with E-state index in [0.717, 1.165) is 77.0 Å². The fourth-order valence-electron chi connectivity index (χ4n) is 3.57. The van der Waals surface area contributed by atoms with E-state index in [-0.39, 0.29) is 38.6 Å². The van der Waals surface area contributed by atoms with Gasteiger partial charge in [0.1, 0.15) is 0 Å². The second kappa shape index (κ2) is 24.7. The van der Waals surface area contributed by atoms with Gasteiger partial charge in [-0.1, -0.05) is 120 Å². The minimum atomic E-state index is -0.902. The first-order chi connectivity index (χ1) is 16.7. The second-order valence-electron chi connectivity index (χ2n) is 11.0. The van der Waals surface area contributed by atoms with Crippen LogP contribution in [0.25, 0.3) is 0 Å². The van der Waals surface area contributed by atoms with Crippen LogP contribution in [0.5, 0.6) is 0 Å². The minimum absolute atomic E-state index is 0. The summed E-state index contributed by atoms with van der Waals surface area (Å²) in [6.45, 7) is 17.4. The molecule has 0 aromatic carbocycles. The summed E-state index contributed by atoms with van der Waals surface area (Å²) >= 11 is 0. The predicted octanol–water partition coefficient (Wildman–Crippen LogP) is 5.20. The smallest absolute Gasteiger partial charge is 0.550 e. The molecule has 0 aromatic heterocycles. The average Bonchev–Trinajstić information content (AvgIpc) is 2.84. The largest absolute Gasteiger partial charge is 3.00 e. The summed E-state index contributed by atoms with van der Waals surface area (Å²) in [4.78, 5) is 32.2. The summed E-state index contributed by atoms with van der Waals surface area (Å²) in [5, 5.41) is 32.2. The molecule has 0 fully saturated rings. The van der Waals surface area contributed by atoms with Crippen molar-refractivity contribution < 1.29 is 68.3 Å². The van der Waals surface area contributed by atoms with Gasteiger partial charge in [0.25, 0.3) is 0 Å². The Morgan fingerprint density at radius 2 is 0.649 bits per heavy atom. The third kappa shape index (κ3) is 20.3. The molecule has 37 heavy (non-hydrogen) atoms. The van der Waals surface area contributed by atoms with E-state index in [0.29, 0.717) is 19.3 Å². The third-order valence-electron chi connectivity index (χ3n) is 7.82. The van der Waals surface area contributed by atoms with Crippen LogP contribution in [0.2, 0.25) is 0 Å². The van der Waals surface area contributed by atoms with E-state index in [9.17, 15) is 29.7 Å². The minimum Gasteiger partial charge on any atom is -0.550 e. The topological polar surface area (TPSA) is 120 Å². The van der Waals surface area contributed by atoms with Crippen LogP contribution >= 0.6 is 0 Å². The molecule has 0 rings (SSSR count). The van der Waals surface area contributed by atoms with E-state index < -0.39 is 34.2 Å². The Bertz CT molecular complexity index is 516. The molecule has 0 saturated carbocycles. The molecule has 6 nitrogen and oxygen atoms in total. The van der Waals surface area contributed by atoms with Crippen LogP contribution in [0.15, 0.2) is 0 Å². The number of aliphatic carboxylic acids is 3. The van der Waals surface area contributed by atoms with Gasteiger partial charge >= 0.3 is 38.6 Å². The van der Waals surface area contributed by atoms with Crippen molar-refractivity contribution >= 4 is 17.9 Å². The number of rotatable bonds is 18. The fraction of sp³-hybridized carbons (Fsp3) is 0.900. The van der Waals surface area contributed by atoms with Crippen molar-refractivity contribution in [2.45, 2.75) is 159 Å². The van der Waals surface area contributed by atoms with Gasteiger partial charge in [-0.2, -0.15) is 0 Å². The van der Waals surface area contributed by atoms with E-state index in [1.54, 1.807) is 20.8 Å². The Balaban J connectivity index is -0.000000218. The molecule has 0 aliphatic rings. The molecule has 222 valence electrons. The first-order valence-corrected chi connectivity index (χ1v) is 14.3. The van der Waals surface area contributed by atoms with Gasteiger partial charge in [-0.15, -0.1) is 0 Å². The van der Waals surface area contributed by atoms with Crippen molar-refractivity contribution in [3.05, 3.63) is 0 Å². The Hall–Kier alpha value is -0.304. The van der Waals surface area contributed by atoms with Crippen molar-refractivity contribution in [2.24, 2.45) is 16.2 Å². The molecule has 0 N–H and O–H groups in total. The number of carboxylic acids is 3. The van der Waals surface area contributed by atoms with Crippen molar-refractivity contribution in [2.75, 3.05) is 0 Å². The number of carboxylic acid groups (broad SMARTS) is 3. The van der Waals surface area contributed by atoms with Gasteiger partial charge in [-0.05, 0) is 38.5 Å². The zero-order chi connectivity index (χ0) is 28.8. The summed E-state index contributed by atoms with van der Waals surface area (Å²) in [7, 11) is 0. The fourth-order valence-corrected chi connectivity index (χ4v) is 3.57. The van der Waals surface area contributed by atoms with Crippen LogP contribution in [0.4, 0.5) is 0 Å². The molecule has 0 spiro atoms. The molecule has 0 radical (unpaired) electrons. The number of unbranched alkanes of at least 4 members (excludes halogenated alkanes) is 6. The molecule has 0 amide bonds. The normalized spacial score (nSPS) is 15.2. The molecule has 7 heteroatoms. The Morgan fingerprint density at radius 3 is 0.757 bits per heavy atom. The Kier molecular flexibility index (Phi) is 29.2. The van der Waals surface area contributed by atoms with E-state index in [4.69, 9.17) is 0 Å². The van der Waals surface area contributed by atoms with Crippen LogP contribution in [0, 0.1) is 54.9 Å². The van der Waals surface area contributed by atoms with Gasteiger partial charge in [0, 0.05) is 34.2 Å². The summed E-state index contributed by atoms with van der Waals surface area (Å²) in [6.07, 6.45) is 14.0. The molecule has 3 unspecified atom stereocenters. The van der Waals surface area contributed by atoms with E-state index in [1.165, 1.54) is 0 Å². The molecule has 0 saturated heterocycles. The van der Waals surface area contributed by atoms with Gasteiger partial charge in [0.2, 0.25) is 0 Å². The van der Waals surface area contributed by atoms with Gasteiger partial charge in [-0.25, -0.2) is 0 Å². The number of carbonyl (C=O) groups is 3. The average molecular weight is 673 g/mol. The van der Waals surface area contributed by atoms with Crippen molar-refractivity contribution in [3.63, 3.8) is 0 Å². The molecular weight excluding hydrogens is 615 g/mol. The van der Waals surface area contributed by atoms with E-state index >= 15 is 0 Å². The maximum atomic E-state index is 10.7. The van der Waals surface area contributed by atoms with Gasteiger partial charge in [0.15, 0.2) is 0 Å². The zero-order valence-electron chi connectivity index (χ0n) is 25.4. The number of carbonyl (C=O) groups excluding carboxylic acids is 3. The molecular formula is C30H57O6Tb. The SMILES string of the molecule is CCCCCC(C)(CC)C(=O)[O-].CCCCCC(C)(CC)C(=O)[O-].CCCCCC(C)(CC)C(=O)[O-].[Tb+3]. The molecule has 0 aliphatic carbocycles. The summed E-state index contributed by atoms with van der Waals surface area (Å²) < 4.78 is 0. The Morgan fingerprint density at radius 1 is 0.459 bits per heavy atom. The Labute approximate surface area is 259 Å². The molecule has 0 aliphatic heterocycles. The van der Waals surface area contributed by atoms with Gasteiger partial charge in [-0.3, -0.25) is 0 Å². The van der Waals surface area contributed by atoms with Crippen LogP contribution < -0.4 is 15.3 Å². The van der Waals surface area contributed by atoms with Crippen LogP contribution in [0.3, 0.4) is 0 Å². The van der Waals surface area contributed by atoms with E-state index in [1.807, 2.05) is 20.8 Å². The van der Waals surface area contributed by atoms with Crippen LogP contribution in [-0.2, 0) is 14.4 Å². The van der Waals surface area contributed by atoms with Gasteiger partial charge < -0.3 is 29.7 Å². The number of hydrogen-bond donors (Lipinski definition) is 0. The van der Waals surface area contributed by atoms with Gasteiger partial charge in [0.05, 0.1) is 0 Å². The summed E-state index contributed by atoms with van der Waals surface area (Å²) in [5.74, 6) is -2.71. The zero-order valence-corrected chi connectivity index (χ0v) is 27.5. The predicted molar refractivity (Wildman–Crippen MR) is 143 cm³/mol. The van der Waals surface area contributed by atoms with Crippen molar-refractivity contribution in [1.29, 1.82) is 0 Å². The van der Waals surface area contributed by atoms with Crippen molar-refractivity contribution in [1.82, 2.24) is 0 Å². The first kappa shape index (κ1) is 43.7. The number of hydrogen-bond acceptors (Lipinski definition) is 6. The maximum Gasteiger partial charge on any atom is 3.00 e. The maximum absolute atomic E-state index is 10.7.